The SMILES string of the molecule is Cc1nc(SCCCNC(C)C)nc(C)c1C. The summed E-state index contributed by atoms with van der Waals surface area (Å²) in [6.45, 7) is 11.6. The molecule has 0 amide bonds. The van der Waals surface area contributed by atoms with Crippen molar-refractivity contribution >= 4 is 11.8 Å². The summed E-state index contributed by atoms with van der Waals surface area (Å²) in [4.78, 5) is 9.00. The Hall–Kier alpha value is -0.610. The lowest BCUT2D eigenvalue weighted by Crippen LogP contribution is -2.23. The van der Waals surface area contributed by atoms with Gasteiger partial charge in [-0.15, -0.1) is 0 Å². The van der Waals surface area contributed by atoms with Gasteiger partial charge in [-0.3, -0.25) is 0 Å². The van der Waals surface area contributed by atoms with Crippen molar-refractivity contribution in [3.8, 4) is 0 Å². The molecule has 0 aromatic carbocycles. The highest BCUT2D eigenvalue weighted by Gasteiger charge is 2.04. The molecule has 3 nitrogen and oxygen atoms in total. The first-order valence-corrected chi connectivity index (χ1v) is 7.17. The third kappa shape index (κ3) is 5.04. The van der Waals surface area contributed by atoms with Gasteiger partial charge in [0.05, 0.1) is 0 Å². The van der Waals surface area contributed by atoms with Crippen molar-refractivity contribution in [2.45, 2.75) is 52.2 Å². The molecular formula is C13H23N3S. The molecule has 0 saturated carbocycles. The van der Waals surface area contributed by atoms with Crippen molar-refractivity contribution in [1.82, 2.24) is 15.3 Å². The van der Waals surface area contributed by atoms with Gasteiger partial charge in [0.15, 0.2) is 5.16 Å². The summed E-state index contributed by atoms with van der Waals surface area (Å²) in [5.41, 5.74) is 3.40. The number of hydrogen-bond acceptors (Lipinski definition) is 4. The van der Waals surface area contributed by atoms with Crippen LogP contribution in [0, 0.1) is 20.8 Å². The second-order valence-electron chi connectivity index (χ2n) is 4.61. The normalized spacial score (nSPS) is 11.2. The van der Waals surface area contributed by atoms with Gasteiger partial charge in [-0.25, -0.2) is 9.97 Å². The van der Waals surface area contributed by atoms with E-state index in [9.17, 15) is 0 Å². The Bertz CT molecular complexity index is 341. The Kier molecular flexibility index (Phi) is 5.92. The van der Waals surface area contributed by atoms with E-state index in [1.54, 1.807) is 11.8 Å². The topological polar surface area (TPSA) is 37.8 Å². The maximum atomic E-state index is 4.50. The van der Waals surface area contributed by atoms with Crippen LogP contribution in [0.1, 0.15) is 37.2 Å². The van der Waals surface area contributed by atoms with Crippen LogP contribution in [-0.4, -0.2) is 28.3 Å². The third-order valence-electron chi connectivity index (χ3n) is 2.72. The van der Waals surface area contributed by atoms with Crippen molar-refractivity contribution in [1.29, 1.82) is 0 Å². The van der Waals surface area contributed by atoms with Crippen LogP contribution >= 0.6 is 11.8 Å². The van der Waals surface area contributed by atoms with Gasteiger partial charge in [0, 0.05) is 23.2 Å². The van der Waals surface area contributed by atoms with Gasteiger partial charge in [-0.05, 0) is 39.3 Å². The fraction of sp³-hybridized carbons (Fsp3) is 0.692. The fourth-order valence-electron chi connectivity index (χ4n) is 1.43. The predicted molar refractivity (Wildman–Crippen MR) is 74.7 cm³/mol. The molecule has 4 heteroatoms. The van der Waals surface area contributed by atoms with Gasteiger partial charge in [0.25, 0.3) is 0 Å². The first-order valence-electron chi connectivity index (χ1n) is 6.18. The van der Waals surface area contributed by atoms with Crippen LogP contribution in [0.4, 0.5) is 0 Å². The number of hydrogen-bond donors (Lipinski definition) is 1. The van der Waals surface area contributed by atoms with Gasteiger partial charge in [0.1, 0.15) is 0 Å². The quantitative estimate of drug-likeness (QED) is 0.480. The van der Waals surface area contributed by atoms with E-state index in [0.717, 1.165) is 35.3 Å². The minimum atomic E-state index is 0.570. The van der Waals surface area contributed by atoms with E-state index >= 15 is 0 Å². The van der Waals surface area contributed by atoms with Crippen molar-refractivity contribution < 1.29 is 0 Å². The minimum Gasteiger partial charge on any atom is -0.315 e. The molecule has 0 fully saturated rings. The zero-order chi connectivity index (χ0) is 12.8. The smallest absolute Gasteiger partial charge is 0.187 e. The van der Waals surface area contributed by atoms with E-state index < -0.39 is 0 Å². The Morgan fingerprint density at radius 1 is 1.12 bits per heavy atom. The van der Waals surface area contributed by atoms with Crippen LogP contribution in [0.5, 0.6) is 0 Å². The molecule has 1 N–H and O–H groups in total. The van der Waals surface area contributed by atoms with Crippen LogP contribution in [0.3, 0.4) is 0 Å². The zero-order valence-corrected chi connectivity index (χ0v) is 12.3. The van der Waals surface area contributed by atoms with Gasteiger partial charge >= 0.3 is 0 Å². The molecule has 1 heterocycles. The molecule has 0 aliphatic rings. The molecule has 17 heavy (non-hydrogen) atoms. The largest absolute Gasteiger partial charge is 0.315 e. The lowest BCUT2D eigenvalue weighted by Gasteiger charge is -2.08. The van der Waals surface area contributed by atoms with E-state index in [1.807, 2.05) is 13.8 Å². The number of nitrogens with zero attached hydrogens (tertiary/aromatic N) is 2. The summed E-state index contributed by atoms with van der Waals surface area (Å²) in [5.74, 6) is 1.07. The summed E-state index contributed by atoms with van der Waals surface area (Å²) in [5, 5.41) is 4.32. The summed E-state index contributed by atoms with van der Waals surface area (Å²) in [6, 6.07) is 0.570. The maximum Gasteiger partial charge on any atom is 0.187 e. The fourth-order valence-corrected chi connectivity index (χ4v) is 2.31. The first-order chi connectivity index (χ1) is 8.00. The predicted octanol–water partition coefficient (Wildman–Crippen LogP) is 2.88. The first kappa shape index (κ1) is 14.5. The van der Waals surface area contributed by atoms with E-state index in [0.29, 0.717) is 6.04 Å². The highest BCUT2D eigenvalue weighted by Crippen LogP contribution is 2.17. The minimum absolute atomic E-state index is 0.570. The Morgan fingerprint density at radius 3 is 2.24 bits per heavy atom. The van der Waals surface area contributed by atoms with Gasteiger partial charge in [-0.2, -0.15) is 0 Å². The molecule has 0 aliphatic heterocycles. The molecule has 0 saturated heterocycles. The maximum absolute atomic E-state index is 4.50. The average molecular weight is 253 g/mol. The summed E-state index contributed by atoms with van der Waals surface area (Å²) < 4.78 is 0. The highest BCUT2D eigenvalue weighted by atomic mass is 32.2. The number of nitrogens with one attached hydrogen (secondary N) is 1. The standard InChI is InChI=1S/C13H23N3S/c1-9(2)14-7-6-8-17-13-15-11(4)10(3)12(5)16-13/h9,14H,6-8H2,1-5H3. The molecule has 0 unspecified atom stereocenters. The van der Waals surface area contributed by atoms with E-state index in [1.165, 1.54) is 5.56 Å². The van der Waals surface area contributed by atoms with Gasteiger partial charge in [-0.1, -0.05) is 25.6 Å². The molecule has 0 atom stereocenters. The van der Waals surface area contributed by atoms with E-state index in [-0.39, 0.29) is 0 Å². The van der Waals surface area contributed by atoms with Crippen molar-refractivity contribution in [2.75, 3.05) is 12.3 Å². The van der Waals surface area contributed by atoms with Crippen LogP contribution < -0.4 is 5.32 Å². The second kappa shape index (κ2) is 6.97. The van der Waals surface area contributed by atoms with Gasteiger partial charge < -0.3 is 5.32 Å². The van der Waals surface area contributed by atoms with Crippen molar-refractivity contribution in [3.63, 3.8) is 0 Å². The number of thioether (sulfide) groups is 1. The summed E-state index contributed by atoms with van der Waals surface area (Å²) in [6.07, 6.45) is 1.15. The molecule has 0 radical (unpaired) electrons. The number of rotatable bonds is 6. The molecular weight excluding hydrogens is 230 g/mol. The van der Waals surface area contributed by atoms with E-state index in [2.05, 4.69) is 36.1 Å². The van der Waals surface area contributed by atoms with Crippen molar-refractivity contribution in [3.05, 3.63) is 17.0 Å². The molecule has 96 valence electrons. The lowest BCUT2D eigenvalue weighted by atomic mass is 10.2. The zero-order valence-electron chi connectivity index (χ0n) is 11.5. The van der Waals surface area contributed by atoms with Crippen LogP contribution in [-0.2, 0) is 0 Å². The molecule has 1 aromatic rings. The summed E-state index contributed by atoms with van der Waals surface area (Å²) >= 11 is 1.75. The Morgan fingerprint density at radius 2 is 1.71 bits per heavy atom. The lowest BCUT2D eigenvalue weighted by molar-refractivity contribution is 0.585. The van der Waals surface area contributed by atoms with E-state index in [4.69, 9.17) is 0 Å². The molecule has 1 rings (SSSR count). The molecule has 0 spiro atoms. The molecule has 0 bridgehead atoms. The van der Waals surface area contributed by atoms with Gasteiger partial charge in [0.2, 0.25) is 0 Å². The molecule has 0 aliphatic carbocycles. The molecule has 1 aromatic heterocycles. The second-order valence-corrected chi connectivity index (χ2v) is 5.67. The Balaban J connectivity index is 2.37. The van der Waals surface area contributed by atoms with Crippen LogP contribution in [0.2, 0.25) is 0 Å². The average Bonchev–Trinajstić information content (AvgIpc) is 2.25. The Labute approximate surface area is 109 Å². The van der Waals surface area contributed by atoms with Crippen LogP contribution in [0.15, 0.2) is 5.16 Å². The highest BCUT2D eigenvalue weighted by molar-refractivity contribution is 7.99. The number of aryl methyl sites for hydroxylation is 2. The monoisotopic (exact) mass is 253 g/mol. The summed E-state index contributed by atoms with van der Waals surface area (Å²) in [7, 11) is 0. The third-order valence-corrected chi connectivity index (χ3v) is 3.65. The number of aromatic nitrogens is 2. The van der Waals surface area contributed by atoms with Crippen molar-refractivity contribution in [2.24, 2.45) is 0 Å². The van der Waals surface area contributed by atoms with Crippen LogP contribution in [0.25, 0.3) is 0 Å².